The van der Waals surface area contributed by atoms with Crippen molar-refractivity contribution in [1.82, 2.24) is 25.1 Å². The number of fused-ring (bicyclic) bond motifs is 1. The lowest BCUT2D eigenvalue weighted by Crippen LogP contribution is -2.27. The first-order valence-corrected chi connectivity index (χ1v) is 10.1. The molecule has 0 aliphatic rings. The Morgan fingerprint density at radius 2 is 2.04 bits per heavy atom. The molecule has 0 radical (unpaired) electrons. The van der Waals surface area contributed by atoms with Gasteiger partial charge in [-0.1, -0.05) is 36.9 Å². The largest absolute Gasteiger partial charge is 0.383 e. The predicted molar refractivity (Wildman–Crippen MR) is 111 cm³/mol. The lowest BCUT2D eigenvalue weighted by atomic mass is 10.2. The minimum Gasteiger partial charge on any atom is -0.383 e. The number of aromatic nitrogens is 4. The van der Waals surface area contributed by atoms with Crippen LogP contribution in [-0.4, -0.2) is 58.2 Å². The number of anilines is 1. The minimum atomic E-state index is -0.101. The zero-order valence-corrected chi connectivity index (χ0v) is 16.8. The highest BCUT2D eigenvalue weighted by Gasteiger charge is 2.13. The standard InChI is InChI=1S/C19H24N6O2S/c1-3-28-19-23-16(20-10-12-27-2)15-13-22-25(17(15)24-19)11-9-21-18(26)14-7-5-4-6-8-14/h4-8,13H,3,9-12H2,1-2H3,(H,21,26)(H,20,23,24). The Hall–Kier alpha value is -2.65. The Morgan fingerprint density at radius 1 is 1.21 bits per heavy atom. The number of rotatable bonds is 10. The number of carbonyl (C=O) groups is 1. The lowest BCUT2D eigenvalue weighted by Gasteiger charge is -2.09. The number of nitrogens with zero attached hydrogens (tertiary/aromatic N) is 4. The molecule has 1 amide bonds. The van der Waals surface area contributed by atoms with Gasteiger partial charge in [0.1, 0.15) is 5.82 Å². The molecule has 0 spiro atoms. The fraction of sp³-hybridized carbons (Fsp3) is 0.368. The van der Waals surface area contributed by atoms with Gasteiger partial charge in [0.15, 0.2) is 10.8 Å². The quantitative estimate of drug-likeness (QED) is 0.307. The van der Waals surface area contributed by atoms with E-state index >= 15 is 0 Å². The average Bonchev–Trinajstić information content (AvgIpc) is 3.12. The number of methoxy groups -OCH3 is 1. The van der Waals surface area contributed by atoms with Gasteiger partial charge in [0.2, 0.25) is 0 Å². The molecule has 1 aromatic carbocycles. The summed E-state index contributed by atoms with van der Waals surface area (Å²) in [6.07, 6.45) is 1.75. The number of nitrogens with one attached hydrogen (secondary N) is 2. The van der Waals surface area contributed by atoms with Crippen molar-refractivity contribution in [3.8, 4) is 0 Å². The summed E-state index contributed by atoms with van der Waals surface area (Å²) in [5.74, 6) is 1.53. The van der Waals surface area contributed by atoms with Crippen molar-refractivity contribution in [2.24, 2.45) is 0 Å². The Balaban J connectivity index is 1.73. The van der Waals surface area contributed by atoms with E-state index in [2.05, 4.69) is 32.6 Å². The smallest absolute Gasteiger partial charge is 0.251 e. The molecule has 0 unspecified atom stereocenters. The molecule has 28 heavy (non-hydrogen) atoms. The predicted octanol–water partition coefficient (Wildman–Crippen LogP) is 2.43. The summed E-state index contributed by atoms with van der Waals surface area (Å²) in [6, 6.07) is 9.16. The summed E-state index contributed by atoms with van der Waals surface area (Å²) < 4.78 is 6.89. The maximum absolute atomic E-state index is 12.2. The fourth-order valence-electron chi connectivity index (χ4n) is 2.67. The van der Waals surface area contributed by atoms with Crippen LogP contribution < -0.4 is 10.6 Å². The molecular formula is C19H24N6O2S. The molecule has 0 atom stereocenters. The van der Waals surface area contributed by atoms with Gasteiger partial charge in [0.25, 0.3) is 5.91 Å². The van der Waals surface area contributed by atoms with Gasteiger partial charge < -0.3 is 15.4 Å². The van der Waals surface area contributed by atoms with Crippen LogP contribution in [0.15, 0.2) is 41.7 Å². The molecule has 2 aromatic heterocycles. The van der Waals surface area contributed by atoms with Gasteiger partial charge in [-0.05, 0) is 17.9 Å². The first-order chi connectivity index (χ1) is 13.7. The minimum absolute atomic E-state index is 0.101. The zero-order chi connectivity index (χ0) is 19.8. The van der Waals surface area contributed by atoms with E-state index in [-0.39, 0.29) is 5.91 Å². The van der Waals surface area contributed by atoms with Gasteiger partial charge in [0, 0.05) is 25.8 Å². The van der Waals surface area contributed by atoms with Crippen LogP contribution in [0.4, 0.5) is 5.82 Å². The monoisotopic (exact) mass is 400 g/mol. The number of benzene rings is 1. The summed E-state index contributed by atoms with van der Waals surface area (Å²) in [6.45, 7) is 4.27. The van der Waals surface area contributed by atoms with E-state index in [1.54, 1.807) is 41.9 Å². The highest BCUT2D eigenvalue weighted by atomic mass is 32.2. The molecule has 0 aliphatic carbocycles. The van der Waals surface area contributed by atoms with Crippen molar-refractivity contribution in [3.63, 3.8) is 0 Å². The van der Waals surface area contributed by atoms with E-state index in [1.807, 2.05) is 18.2 Å². The number of amides is 1. The molecule has 0 aliphatic heterocycles. The van der Waals surface area contributed by atoms with Gasteiger partial charge in [0.05, 0.1) is 24.7 Å². The van der Waals surface area contributed by atoms with Crippen LogP contribution in [0.25, 0.3) is 11.0 Å². The molecule has 2 heterocycles. The van der Waals surface area contributed by atoms with Gasteiger partial charge >= 0.3 is 0 Å². The van der Waals surface area contributed by atoms with E-state index in [1.165, 1.54) is 0 Å². The molecule has 9 heteroatoms. The van der Waals surface area contributed by atoms with Crippen LogP contribution in [0.3, 0.4) is 0 Å². The summed E-state index contributed by atoms with van der Waals surface area (Å²) in [5.41, 5.74) is 1.39. The van der Waals surface area contributed by atoms with Crippen LogP contribution >= 0.6 is 11.8 Å². The Kier molecular flexibility index (Phi) is 7.21. The second-order valence-electron chi connectivity index (χ2n) is 5.93. The van der Waals surface area contributed by atoms with Gasteiger partial charge in [-0.3, -0.25) is 4.79 Å². The summed E-state index contributed by atoms with van der Waals surface area (Å²) >= 11 is 1.58. The van der Waals surface area contributed by atoms with Crippen molar-refractivity contribution >= 4 is 34.5 Å². The van der Waals surface area contributed by atoms with E-state index in [4.69, 9.17) is 4.74 Å². The normalized spacial score (nSPS) is 10.9. The van der Waals surface area contributed by atoms with E-state index in [0.29, 0.717) is 37.0 Å². The van der Waals surface area contributed by atoms with Crippen LogP contribution in [0.1, 0.15) is 17.3 Å². The third kappa shape index (κ3) is 4.99. The van der Waals surface area contributed by atoms with E-state index in [0.717, 1.165) is 22.6 Å². The molecule has 2 N–H and O–H groups in total. The number of thioether (sulfide) groups is 1. The molecule has 3 rings (SSSR count). The number of hydrogen-bond acceptors (Lipinski definition) is 7. The Bertz CT molecular complexity index is 915. The van der Waals surface area contributed by atoms with Crippen molar-refractivity contribution < 1.29 is 9.53 Å². The summed E-state index contributed by atoms with van der Waals surface area (Å²) in [7, 11) is 1.66. The summed E-state index contributed by atoms with van der Waals surface area (Å²) in [5, 5.41) is 12.2. The highest BCUT2D eigenvalue weighted by molar-refractivity contribution is 7.99. The maximum Gasteiger partial charge on any atom is 0.251 e. The average molecular weight is 401 g/mol. The topological polar surface area (TPSA) is 94.0 Å². The number of ether oxygens (including phenoxy) is 1. The molecular weight excluding hydrogens is 376 g/mol. The molecule has 0 bridgehead atoms. The van der Waals surface area contributed by atoms with Crippen LogP contribution in [0, 0.1) is 0 Å². The molecule has 0 fully saturated rings. The third-order valence-electron chi connectivity index (χ3n) is 3.99. The van der Waals surface area contributed by atoms with Crippen molar-refractivity contribution in [2.45, 2.75) is 18.6 Å². The van der Waals surface area contributed by atoms with Gasteiger partial charge in [-0.25, -0.2) is 14.6 Å². The first-order valence-electron chi connectivity index (χ1n) is 9.15. The molecule has 0 saturated heterocycles. The van der Waals surface area contributed by atoms with E-state index in [9.17, 15) is 4.79 Å². The Morgan fingerprint density at radius 3 is 2.79 bits per heavy atom. The van der Waals surface area contributed by atoms with Crippen molar-refractivity contribution in [3.05, 3.63) is 42.1 Å². The van der Waals surface area contributed by atoms with Crippen LogP contribution in [0.2, 0.25) is 0 Å². The van der Waals surface area contributed by atoms with Crippen LogP contribution in [0.5, 0.6) is 0 Å². The summed E-state index contributed by atoms with van der Waals surface area (Å²) in [4.78, 5) is 21.4. The number of hydrogen-bond donors (Lipinski definition) is 2. The van der Waals surface area contributed by atoms with E-state index < -0.39 is 0 Å². The molecule has 8 nitrogen and oxygen atoms in total. The lowest BCUT2D eigenvalue weighted by molar-refractivity contribution is 0.0952. The second kappa shape index (κ2) is 10.0. The molecule has 3 aromatic rings. The number of carbonyl (C=O) groups excluding carboxylic acids is 1. The second-order valence-corrected chi connectivity index (χ2v) is 7.17. The highest BCUT2D eigenvalue weighted by Crippen LogP contribution is 2.24. The molecule has 0 saturated carbocycles. The van der Waals surface area contributed by atoms with Crippen molar-refractivity contribution in [1.29, 1.82) is 0 Å². The Labute approximate surface area is 168 Å². The first kappa shape index (κ1) is 20.1. The SMILES string of the molecule is CCSc1nc(NCCOC)c2cnn(CCNC(=O)c3ccccc3)c2n1. The third-order valence-corrected chi connectivity index (χ3v) is 4.72. The van der Waals surface area contributed by atoms with Gasteiger partial charge in [-0.2, -0.15) is 5.10 Å². The maximum atomic E-state index is 12.2. The molecule has 148 valence electrons. The van der Waals surface area contributed by atoms with Crippen molar-refractivity contribution in [2.75, 3.05) is 37.9 Å². The fourth-order valence-corrected chi connectivity index (χ4v) is 3.23. The zero-order valence-electron chi connectivity index (χ0n) is 16.0. The van der Waals surface area contributed by atoms with Crippen LogP contribution in [-0.2, 0) is 11.3 Å². The van der Waals surface area contributed by atoms with Gasteiger partial charge in [-0.15, -0.1) is 0 Å².